The van der Waals surface area contributed by atoms with Crippen LogP contribution in [0.25, 0.3) is 0 Å². The van der Waals surface area contributed by atoms with E-state index in [1.807, 2.05) is 11.6 Å². The van der Waals surface area contributed by atoms with Crippen LogP contribution >= 0.6 is 22.9 Å². The van der Waals surface area contributed by atoms with Crippen molar-refractivity contribution in [3.05, 3.63) is 16.6 Å². The Kier molecular flexibility index (Phi) is 1.65. The van der Waals surface area contributed by atoms with E-state index >= 15 is 0 Å². The third-order valence-electron chi connectivity index (χ3n) is 0.644. The first kappa shape index (κ1) is 5.06. The Morgan fingerprint density at radius 3 is 3.00 bits per heavy atom. The minimum atomic E-state index is 0.595. The second-order valence-corrected chi connectivity index (χ2v) is 2.39. The molecular formula is C4H5ClNS+. The number of hydrogen-bond acceptors (Lipinski definition) is 1. The minimum Gasteiger partial charge on any atom is -0.205 e. The van der Waals surface area contributed by atoms with E-state index in [4.69, 9.17) is 11.6 Å². The molecule has 3 heteroatoms. The summed E-state index contributed by atoms with van der Waals surface area (Å²) >= 11 is 7.08. The number of aromatic amines is 1. The lowest BCUT2D eigenvalue weighted by Crippen LogP contribution is -1.99. The fraction of sp³-hybridized carbons (Fsp3) is 0.250. The molecule has 0 aliphatic carbocycles. The maximum absolute atomic E-state index is 5.45. The number of hydrogen-bond donors (Lipinski definition) is 0. The van der Waals surface area contributed by atoms with Crippen molar-refractivity contribution in [2.24, 2.45) is 0 Å². The summed E-state index contributed by atoms with van der Waals surface area (Å²) in [6.45, 7) is 0. The van der Waals surface area contributed by atoms with Gasteiger partial charge in [0.15, 0.2) is 6.20 Å². The van der Waals surface area contributed by atoms with Crippen LogP contribution in [0.3, 0.4) is 0 Å². The van der Waals surface area contributed by atoms with E-state index in [1.165, 1.54) is 0 Å². The normalized spacial score (nSPS) is 9.29. The molecule has 0 fully saturated rings. The molecule has 38 valence electrons. The highest BCUT2D eigenvalue weighted by molar-refractivity contribution is 7.09. The van der Waals surface area contributed by atoms with E-state index in [-0.39, 0.29) is 0 Å². The molecule has 1 aromatic heterocycles. The smallest absolute Gasteiger partial charge is 0.205 e. The second kappa shape index (κ2) is 2.28. The molecule has 0 unspecified atom stereocenters. The standard InChI is InChI=1S/C4H4ClNS/c5-3-4-6-1-2-7-4/h1-2H,3H2/p+1. The van der Waals surface area contributed by atoms with E-state index in [9.17, 15) is 0 Å². The van der Waals surface area contributed by atoms with Gasteiger partial charge >= 0.3 is 0 Å². The van der Waals surface area contributed by atoms with Gasteiger partial charge in [-0.1, -0.05) is 11.3 Å². The molecule has 0 aliphatic rings. The number of H-pyrrole nitrogens is 1. The predicted molar refractivity (Wildman–Crippen MR) is 30.4 cm³/mol. The lowest BCUT2D eigenvalue weighted by molar-refractivity contribution is -0.380. The van der Waals surface area contributed by atoms with Crippen LogP contribution in [0, 0.1) is 0 Å². The molecule has 1 nitrogen and oxygen atoms in total. The summed E-state index contributed by atoms with van der Waals surface area (Å²) < 4.78 is 0. The molecule has 1 heterocycles. The van der Waals surface area contributed by atoms with Crippen LogP contribution in [0.1, 0.15) is 5.01 Å². The average molecular weight is 135 g/mol. The van der Waals surface area contributed by atoms with E-state index in [0.717, 1.165) is 5.01 Å². The largest absolute Gasteiger partial charge is 0.250 e. The predicted octanol–water partition coefficient (Wildman–Crippen LogP) is 1.30. The molecule has 0 bridgehead atoms. The van der Waals surface area contributed by atoms with Crippen LogP contribution < -0.4 is 4.98 Å². The molecule has 1 aromatic rings. The SMILES string of the molecule is ClCc1[nH+]ccs1. The molecule has 7 heavy (non-hydrogen) atoms. The van der Waals surface area contributed by atoms with Gasteiger partial charge in [-0.05, 0) is 0 Å². The van der Waals surface area contributed by atoms with Gasteiger partial charge in [0.25, 0.3) is 5.01 Å². The number of alkyl halides is 1. The highest BCUT2D eigenvalue weighted by Gasteiger charge is 1.94. The van der Waals surface area contributed by atoms with Crippen LogP contribution in [0.2, 0.25) is 0 Å². The zero-order chi connectivity index (χ0) is 5.11. The van der Waals surface area contributed by atoms with Crippen LogP contribution in [-0.4, -0.2) is 0 Å². The third-order valence-corrected chi connectivity index (χ3v) is 1.89. The fourth-order valence-electron chi connectivity index (χ4n) is 0.347. The van der Waals surface area contributed by atoms with Crippen molar-refractivity contribution in [1.29, 1.82) is 0 Å². The Morgan fingerprint density at radius 1 is 1.86 bits per heavy atom. The fourth-order valence-corrected chi connectivity index (χ4v) is 1.11. The Labute approximate surface area is 51.0 Å². The Bertz CT molecular complexity index is 126. The molecule has 0 amide bonds. The molecule has 0 aromatic carbocycles. The van der Waals surface area contributed by atoms with Crippen molar-refractivity contribution < 1.29 is 4.98 Å². The number of nitrogens with one attached hydrogen (secondary N) is 1. The molecule has 0 spiro atoms. The van der Waals surface area contributed by atoms with Gasteiger partial charge in [0.2, 0.25) is 0 Å². The van der Waals surface area contributed by atoms with Crippen LogP contribution in [0.5, 0.6) is 0 Å². The molecule has 0 saturated carbocycles. The van der Waals surface area contributed by atoms with Crippen LogP contribution in [-0.2, 0) is 5.88 Å². The third kappa shape index (κ3) is 1.14. The number of halogens is 1. The molecule has 1 N–H and O–H groups in total. The van der Waals surface area contributed by atoms with Crippen molar-refractivity contribution >= 4 is 22.9 Å². The summed E-state index contributed by atoms with van der Waals surface area (Å²) in [5.74, 6) is 0.595. The van der Waals surface area contributed by atoms with E-state index in [1.54, 1.807) is 11.3 Å². The van der Waals surface area contributed by atoms with Crippen LogP contribution in [0.4, 0.5) is 0 Å². The zero-order valence-corrected chi connectivity index (χ0v) is 5.22. The number of aromatic nitrogens is 1. The first-order valence-electron chi connectivity index (χ1n) is 1.93. The zero-order valence-electron chi connectivity index (χ0n) is 3.65. The van der Waals surface area contributed by atoms with Crippen molar-refractivity contribution in [3.63, 3.8) is 0 Å². The molecule has 1 rings (SSSR count). The van der Waals surface area contributed by atoms with Gasteiger partial charge in [-0.2, -0.15) is 0 Å². The van der Waals surface area contributed by atoms with E-state index in [0.29, 0.717) is 5.88 Å². The van der Waals surface area contributed by atoms with E-state index < -0.39 is 0 Å². The van der Waals surface area contributed by atoms with Gasteiger partial charge in [-0.3, -0.25) is 0 Å². The van der Waals surface area contributed by atoms with Crippen LogP contribution in [0.15, 0.2) is 11.6 Å². The van der Waals surface area contributed by atoms with Gasteiger partial charge in [0.05, 0.1) is 5.38 Å². The summed E-state index contributed by atoms with van der Waals surface area (Å²) in [7, 11) is 0. The summed E-state index contributed by atoms with van der Waals surface area (Å²) in [6, 6.07) is 0. The van der Waals surface area contributed by atoms with Gasteiger partial charge in [0, 0.05) is 0 Å². The molecule has 0 atom stereocenters. The summed E-state index contributed by atoms with van der Waals surface area (Å²) in [5.41, 5.74) is 0. The first-order valence-corrected chi connectivity index (χ1v) is 3.35. The van der Waals surface area contributed by atoms with Gasteiger partial charge in [-0.25, -0.2) is 4.98 Å². The lowest BCUT2D eigenvalue weighted by Gasteiger charge is -1.67. The maximum Gasteiger partial charge on any atom is 0.250 e. The Balaban J connectivity index is 2.76. The second-order valence-electron chi connectivity index (χ2n) is 1.12. The Hall–Kier alpha value is -0.0800. The highest BCUT2D eigenvalue weighted by Crippen LogP contribution is 2.01. The molecule has 0 radical (unpaired) electrons. The monoisotopic (exact) mass is 134 g/mol. The van der Waals surface area contributed by atoms with Gasteiger partial charge in [0.1, 0.15) is 5.88 Å². The maximum atomic E-state index is 5.45. The topological polar surface area (TPSA) is 14.1 Å². The average Bonchev–Trinajstić information content (AvgIpc) is 2.14. The lowest BCUT2D eigenvalue weighted by atomic mass is 10.8. The summed E-state index contributed by atoms with van der Waals surface area (Å²) in [5, 5.41) is 3.08. The van der Waals surface area contributed by atoms with Crippen molar-refractivity contribution in [1.82, 2.24) is 0 Å². The quantitative estimate of drug-likeness (QED) is 0.515. The van der Waals surface area contributed by atoms with Crippen molar-refractivity contribution in [2.45, 2.75) is 5.88 Å². The number of thiazole rings is 1. The molecule has 0 saturated heterocycles. The first-order chi connectivity index (χ1) is 3.43. The van der Waals surface area contributed by atoms with Crippen molar-refractivity contribution in [3.8, 4) is 0 Å². The number of rotatable bonds is 1. The minimum absolute atomic E-state index is 0.595. The van der Waals surface area contributed by atoms with Gasteiger partial charge in [-0.15, -0.1) is 11.6 Å². The van der Waals surface area contributed by atoms with Gasteiger partial charge < -0.3 is 0 Å². The highest BCUT2D eigenvalue weighted by atomic mass is 35.5. The summed E-state index contributed by atoms with van der Waals surface area (Å²) in [4.78, 5) is 2.97. The van der Waals surface area contributed by atoms with E-state index in [2.05, 4.69) is 4.98 Å². The molecular weight excluding hydrogens is 130 g/mol. The summed E-state index contributed by atoms with van der Waals surface area (Å²) in [6.07, 6.45) is 1.88. The Morgan fingerprint density at radius 2 is 2.71 bits per heavy atom. The van der Waals surface area contributed by atoms with Crippen molar-refractivity contribution in [2.75, 3.05) is 0 Å². The molecule has 0 aliphatic heterocycles.